The number of halogens is 1. The predicted molar refractivity (Wildman–Crippen MR) is 146 cm³/mol. The Hall–Kier alpha value is -3.44. The lowest BCUT2D eigenvalue weighted by molar-refractivity contribution is -0.0672. The number of aromatic nitrogens is 7. The van der Waals surface area contributed by atoms with Gasteiger partial charge >= 0.3 is 15.6 Å². The topological polar surface area (TPSA) is 317 Å². The van der Waals surface area contributed by atoms with E-state index in [4.69, 9.17) is 39.0 Å². The SMILES string of the molecule is Nc1nc2c(ncn2[C@@H]2O[C@H]3COP(=O)(O)O[C@H]4[C@@H](O)[C@H](n5cc(F)c6c(N)ncnc65)O[C@@H]4COP(=O)(O)O[C@@H]2[C@@H]3O)c(=O)[nH]1. The number of nitrogens with two attached hydrogens (primary N) is 2. The first-order valence-corrected chi connectivity index (χ1v) is 16.2. The van der Waals surface area contributed by atoms with Gasteiger partial charge in [-0.2, -0.15) is 4.98 Å². The van der Waals surface area contributed by atoms with E-state index in [1.165, 1.54) is 0 Å². The molecular formula is C21H24FN9O13P2. The number of aliphatic hydroxyl groups excluding tert-OH is 2. The van der Waals surface area contributed by atoms with Crippen molar-refractivity contribution in [2.24, 2.45) is 0 Å². The molecule has 0 radical (unpaired) electrons. The van der Waals surface area contributed by atoms with Crippen LogP contribution in [0, 0.1) is 5.82 Å². The highest BCUT2D eigenvalue weighted by molar-refractivity contribution is 7.47. The lowest BCUT2D eigenvalue weighted by atomic mass is 10.1. The molecule has 7 heterocycles. The van der Waals surface area contributed by atoms with E-state index < -0.39 is 89.3 Å². The van der Waals surface area contributed by atoms with Gasteiger partial charge in [0.05, 0.1) is 24.9 Å². The van der Waals surface area contributed by atoms with Gasteiger partial charge in [-0.1, -0.05) is 0 Å². The summed E-state index contributed by atoms with van der Waals surface area (Å²) in [5.41, 5.74) is 10.2. The molecule has 248 valence electrons. The van der Waals surface area contributed by atoms with E-state index in [0.29, 0.717) is 0 Å². The highest BCUT2D eigenvalue weighted by Crippen LogP contribution is 2.53. The molecule has 4 aromatic rings. The van der Waals surface area contributed by atoms with E-state index in [1.807, 2.05) is 0 Å². The van der Waals surface area contributed by atoms with E-state index in [9.17, 15) is 38.3 Å². The predicted octanol–water partition coefficient (Wildman–Crippen LogP) is -1.60. The number of hydrogen-bond donors (Lipinski definition) is 7. The second kappa shape index (κ2) is 11.1. The van der Waals surface area contributed by atoms with Gasteiger partial charge in [0.25, 0.3) is 5.56 Å². The first kappa shape index (κ1) is 31.2. The third-order valence-corrected chi connectivity index (χ3v) is 9.50. The van der Waals surface area contributed by atoms with Gasteiger partial charge in [0.2, 0.25) is 5.95 Å². The third-order valence-electron chi connectivity index (χ3n) is 7.53. The molecule has 25 heteroatoms. The van der Waals surface area contributed by atoms with Crippen molar-refractivity contribution in [1.29, 1.82) is 0 Å². The fourth-order valence-corrected chi connectivity index (χ4v) is 7.39. The number of phosphoric ester groups is 2. The molecule has 7 rings (SSSR count). The van der Waals surface area contributed by atoms with E-state index in [-0.39, 0.29) is 34.0 Å². The molecule has 2 bridgehead atoms. The zero-order valence-electron chi connectivity index (χ0n) is 22.8. The molecule has 0 amide bonds. The molecular weight excluding hydrogens is 667 g/mol. The maximum Gasteiger partial charge on any atom is 0.472 e. The summed E-state index contributed by atoms with van der Waals surface area (Å²) < 4.78 is 75.3. The van der Waals surface area contributed by atoms with Gasteiger partial charge in [-0.05, 0) is 0 Å². The number of aromatic amines is 1. The van der Waals surface area contributed by atoms with Crippen LogP contribution in [0.4, 0.5) is 16.2 Å². The minimum absolute atomic E-state index is 0.109. The molecule has 3 fully saturated rings. The minimum Gasteiger partial charge on any atom is -0.387 e. The van der Waals surface area contributed by atoms with Crippen LogP contribution in [0.25, 0.3) is 22.2 Å². The van der Waals surface area contributed by atoms with Gasteiger partial charge in [0.15, 0.2) is 35.1 Å². The molecule has 3 saturated heterocycles. The molecule has 9 N–H and O–H groups in total. The lowest BCUT2D eigenvalue weighted by Gasteiger charge is -2.25. The Bertz CT molecular complexity index is 1990. The summed E-state index contributed by atoms with van der Waals surface area (Å²) in [5, 5.41) is 21.9. The second-order valence-electron chi connectivity index (χ2n) is 10.4. The number of fused-ring (bicyclic) bond motifs is 5. The second-order valence-corrected chi connectivity index (χ2v) is 13.2. The minimum atomic E-state index is -5.17. The van der Waals surface area contributed by atoms with Crippen LogP contribution in [0.1, 0.15) is 12.5 Å². The lowest BCUT2D eigenvalue weighted by Crippen LogP contribution is -2.36. The normalized spacial score (nSPS) is 37.2. The van der Waals surface area contributed by atoms with Crippen LogP contribution in [0.5, 0.6) is 0 Å². The fourth-order valence-electron chi connectivity index (χ4n) is 5.50. The number of ether oxygens (including phenoxy) is 2. The number of imidazole rings is 1. The van der Waals surface area contributed by atoms with Crippen molar-refractivity contribution in [3.63, 3.8) is 0 Å². The van der Waals surface area contributed by atoms with Crippen molar-refractivity contribution in [3.05, 3.63) is 35.0 Å². The number of nitrogen functional groups attached to an aromatic ring is 2. The molecule has 0 aliphatic carbocycles. The smallest absolute Gasteiger partial charge is 0.387 e. The van der Waals surface area contributed by atoms with Crippen LogP contribution in [0.2, 0.25) is 0 Å². The molecule has 3 aliphatic rings. The van der Waals surface area contributed by atoms with Crippen LogP contribution in [-0.4, -0.2) is 104 Å². The van der Waals surface area contributed by atoms with E-state index >= 15 is 0 Å². The van der Waals surface area contributed by atoms with Gasteiger partial charge in [0.1, 0.15) is 48.8 Å². The summed E-state index contributed by atoms with van der Waals surface area (Å²) in [5.74, 6) is -1.39. The van der Waals surface area contributed by atoms with Crippen molar-refractivity contribution in [3.8, 4) is 0 Å². The molecule has 4 aromatic heterocycles. The molecule has 2 unspecified atom stereocenters. The fraction of sp³-hybridized carbons (Fsp3) is 0.476. The molecule has 10 atom stereocenters. The highest BCUT2D eigenvalue weighted by Gasteiger charge is 2.54. The van der Waals surface area contributed by atoms with Crippen LogP contribution < -0.4 is 17.0 Å². The molecule has 3 aliphatic heterocycles. The summed E-state index contributed by atoms with van der Waals surface area (Å²) in [6, 6.07) is 0. The molecule has 22 nitrogen and oxygen atoms in total. The Labute approximate surface area is 253 Å². The Balaban J connectivity index is 1.21. The third kappa shape index (κ3) is 5.29. The summed E-state index contributed by atoms with van der Waals surface area (Å²) in [7, 11) is -10.3. The van der Waals surface area contributed by atoms with E-state index in [1.54, 1.807) is 0 Å². The summed E-state index contributed by atoms with van der Waals surface area (Å²) in [4.78, 5) is 51.4. The van der Waals surface area contributed by atoms with Crippen LogP contribution in [0.15, 0.2) is 23.6 Å². The quantitative estimate of drug-likeness (QED) is 0.116. The summed E-state index contributed by atoms with van der Waals surface area (Å²) >= 11 is 0. The van der Waals surface area contributed by atoms with Crippen LogP contribution in [-0.2, 0) is 36.7 Å². The number of hydrogen-bond acceptors (Lipinski definition) is 17. The van der Waals surface area contributed by atoms with Gasteiger partial charge in [-0.3, -0.25) is 32.4 Å². The maximum atomic E-state index is 14.7. The first-order valence-electron chi connectivity index (χ1n) is 13.2. The number of aliphatic hydroxyl groups is 2. The Morgan fingerprint density at radius 1 is 0.913 bits per heavy atom. The van der Waals surface area contributed by atoms with Gasteiger partial charge in [-0.25, -0.2) is 28.5 Å². The Kier molecular flexibility index (Phi) is 7.51. The number of rotatable bonds is 2. The molecule has 0 saturated carbocycles. The Morgan fingerprint density at radius 2 is 1.59 bits per heavy atom. The van der Waals surface area contributed by atoms with E-state index in [0.717, 1.165) is 28.0 Å². The van der Waals surface area contributed by atoms with Gasteiger partial charge in [-0.15, -0.1) is 0 Å². The van der Waals surface area contributed by atoms with Gasteiger partial charge in [0, 0.05) is 6.20 Å². The Morgan fingerprint density at radius 3 is 2.33 bits per heavy atom. The maximum absolute atomic E-state index is 14.7. The average Bonchev–Trinajstić information content (AvgIpc) is 3.71. The number of phosphoric acid groups is 2. The molecule has 0 aromatic carbocycles. The van der Waals surface area contributed by atoms with Crippen molar-refractivity contribution in [2.45, 2.75) is 49.1 Å². The van der Waals surface area contributed by atoms with Crippen molar-refractivity contribution in [1.82, 2.24) is 34.1 Å². The monoisotopic (exact) mass is 691 g/mol. The van der Waals surface area contributed by atoms with Crippen molar-refractivity contribution in [2.75, 3.05) is 24.7 Å². The molecule has 46 heavy (non-hydrogen) atoms. The van der Waals surface area contributed by atoms with E-state index in [2.05, 4.69) is 24.9 Å². The van der Waals surface area contributed by atoms with Crippen LogP contribution >= 0.6 is 15.6 Å². The number of anilines is 2. The zero-order valence-corrected chi connectivity index (χ0v) is 24.6. The van der Waals surface area contributed by atoms with Crippen LogP contribution in [0.3, 0.4) is 0 Å². The number of nitrogens with one attached hydrogen (secondary N) is 1. The largest absolute Gasteiger partial charge is 0.472 e. The first-order chi connectivity index (χ1) is 21.7. The standard InChI is InChI=1S/C21H24FN9O13P2/c22-6-1-30(16-9(6)15(23)25-4-26-16)19-12(33)13-8(42-19)3-40-46(37,38)44-14-11(32)7(2-39-45(35,36)43-13)41-20(14)31-5-27-10-17(31)28-21(24)29-18(10)34/h1,4-5,7-8,11-14,19-20,32-33H,2-3H2,(H,35,36)(H,37,38)(H2,23,25,26)(H3,24,28,29,34)/t7-,8+,11+,12+,13+,14+,19+,20+/m0/s1. The number of nitrogens with zero attached hydrogens (tertiary/aromatic N) is 6. The average molecular weight is 691 g/mol. The molecule has 0 spiro atoms. The number of H-pyrrole nitrogens is 1. The van der Waals surface area contributed by atoms with Gasteiger partial charge < -0.3 is 45.5 Å². The van der Waals surface area contributed by atoms with Crippen molar-refractivity contribution < 1.29 is 61.1 Å². The zero-order chi connectivity index (χ0) is 32.7. The highest BCUT2D eigenvalue weighted by atomic mass is 31.2. The summed E-state index contributed by atoms with van der Waals surface area (Å²) in [6.07, 6.45) is -10.3. The van der Waals surface area contributed by atoms with Crippen molar-refractivity contribution >= 4 is 49.6 Å². The summed E-state index contributed by atoms with van der Waals surface area (Å²) in [6.45, 7) is -1.77.